The molecule has 20 heavy (non-hydrogen) atoms. The summed E-state index contributed by atoms with van der Waals surface area (Å²) in [5.74, 6) is -2.22. The molecule has 108 valence electrons. The van der Waals surface area contributed by atoms with Gasteiger partial charge >= 0.3 is 5.97 Å². The molecule has 0 radical (unpaired) electrons. The molecule has 1 heterocycles. The molecule has 0 saturated heterocycles. The standard InChI is InChI=1S/C13H17N3O4/c1-7(2)5-10(13(19)20)16-12(18)9-4-3-8(6-15-9)11(14)17/h3-4,6-7,10H,5H2,1-2H3,(H2,14,17)(H,16,18)(H,19,20)/t10-/m1/s1. The van der Waals surface area contributed by atoms with Crippen molar-refractivity contribution in [3.63, 3.8) is 0 Å². The minimum Gasteiger partial charge on any atom is -0.480 e. The van der Waals surface area contributed by atoms with Crippen LogP contribution in [0.15, 0.2) is 18.3 Å². The van der Waals surface area contributed by atoms with Crippen LogP contribution in [0.2, 0.25) is 0 Å². The number of amides is 2. The quantitative estimate of drug-likeness (QED) is 0.696. The molecule has 1 atom stereocenters. The molecule has 0 aromatic carbocycles. The van der Waals surface area contributed by atoms with Crippen molar-refractivity contribution in [1.29, 1.82) is 0 Å². The number of aliphatic carboxylic acids is 1. The smallest absolute Gasteiger partial charge is 0.326 e. The van der Waals surface area contributed by atoms with Gasteiger partial charge in [0.1, 0.15) is 11.7 Å². The van der Waals surface area contributed by atoms with E-state index in [1.807, 2.05) is 13.8 Å². The number of carbonyl (C=O) groups is 3. The zero-order valence-electron chi connectivity index (χ0n) is 11.3. The highest BCUT2D eigenvalue weighted by molar-refractivity contribution is 5.96. The van der Waals surface area contributed by atoms with Gasteiger partial charge in [-0.05, 0) is 24.5 Å². The van der Waals surface area contributed by atoms with E-state index in [1.54, 1.807) is 0 Å². The molecule has 0 unspecified atom stereocenters. The third kappa shape index (κ3) is 4.34. The molecule has 0 bridgehead atoms. The Morgan fingerprint density at radius 3 is 2.40 bits per heavy atom. The van der Waals surface area contributed by atoms with Crippen LogP contribution in [-0.2, 0) is 4.79 Å². The maximum Gasteiger partial charge on any atom is 0.326 e. The molecule has 0 aliphatic heterocycles. The number of nitrogens with zero attached hydrogens (tertiary/aromatic N) is 1. The van der Waals surface area contributed by atoms with Crippen LogP contribution in [0.4, 0.5) is 0 Å². The number of nitrogens with two attached hydrogens (primary N) is 1. The lowest BCUT2D eigenvalue weighted by Crippen LogP contribution is -2.41. The van der Waals surface area contributed by atoms with Gasteiger partial charge in [0.25, 0.3) is 5.91 Å². The molecular formula is C13H17N3O4. The molecule has 1 aromatic heterocycles. The van der Waals surface area contributed by atoms with E-state index >= 15 is 0 Å². The fraction of sp³-hybridized carbons (Fsp3) is 0.385. The fourth-order valence-electron chi connectivity index (χ4n) is 1.60. The first-order valence-corrected chi connectivity index (χ1v) is 6.10. The fourth-order valence-corrected chi connectivity index (χ4v) is 1.60. The predicted octanol–water partition coefficient (Wildman–Crippen LogP) is 0.410. The van der Waals surface area contributed by atoms with Crippen LogP contribution in [0.3, 0.4) is 0 Å². The highest BCUT2D eigenvalue weighted by Crippen LogP contribution is 2.06. The molecule has 2 amide bonds. The normalized spacial score (nSPS) is 11.9. The molecular weight excluding hydrogens is 262 g/mol. The van der Waals surface area contributed by atoms with Gasteiger partial charge < -0.3 is 16.2 Å². The van der Waals surface area contributed by atoms with Crippen LogP contribution in [0.5, 0.6) is 0 Å². The van der Waals surface area contributed by atoms with Gasteiger partial charge in [0.05, 0.1) is 5.56 Å². The lowest BCUT2D eigenvalue weighted by atomic mass is 10.0. The number of carbonyl (C=O) groups excluding carboxylic acids is 2. The highest BCUT2D eigenvalue weighted by Gasteiger charge is 2.22. The van der Waals surface area contributed by atoms with Crippen LogP contribution in [0.25, 0.3) is 0 Å². The molecule has 0 aliphatic rings. The summed E-state index contributed by atoms with van der Waals surface area (Å²) in [7, 11) is 0. The number of hydrogen-bond acceptors (Lipinski definition) is 4. The molecule has 0 spiro atoms. The molecule has 0 fully saturated rings. The third-order valence-electron chi connectivity index (χ3n) is 2.59. The van der Waals surface area contributed by atoms with Crippen molar-refractivity contribution >= 4 is 17.8 Å². The second kappa shape index (κ2) is 6.65. The summed E-state index contributed by atoms with van der Waals surface area (Å²) < 4.78 is 0. The minimum atomic E-state index is -1.10. The van der Waals surface area contributed by atoms with E-state index in [1.165, 1.54) is 18.3 Å². The summed E-state index contributed by atoms with van der Waals surface area (Å²) in [6.07, 6.45) is 1.50. The van der Waals surface area contributed by atoms with E-state index < -0.39 is 23.8 Å². The first kappa shape index (κ1) is 15.6. The number of carboxylic acids is 1. The van der Waals surface area contributed by atoms with Crippen LogP contribution in [0.1, 0.15) is 41.1 Å². The van der Waals surface area contributed by atoms with Crippen molar-refractivity contribution in [2.45, 2.75) is 26.3 Å². The summed E-state index contributed by atoms with van der Waals surface area (Å²) in [4.78, 5) is 37.6. The predicted molar refractivity (Wildman–Crippen MR) is 71.1 cm³/mol. The topological polar surface area (TPSA) is 122 Å². The van der Waals surface area contributed by atoms with Gasteiger partial charge in [0.15, 0.2) is 0 Å². The largest absolute Gasteiger partial charge is 0.480 e. The monoisotopic (exact) mass is 279 g/mol. The van der Waals surface area contributed by atoms with Crippen molar-refractivity contribution in [2.75, 3.05) is 0 Å². The van der Waals surface area contributed by atoms with Crippen molar-refractivity contribution in [1.82, 2.24) is 10.3 Å². The lowest BCUT2D eigenvalue weighted by Gasteiger charge is -2.16. The highest BCUT2D eigenvalue weighted by atomic mass is 16.4. The van der Waals surface area contributed by atoms with Gasteiger partial charge in [-0.25, -0.2) is 4.79 Å². The first-order chi connectivity index (χ1) is 9.31. The van der Waals surface area contributed by atoms with Crippen molar-refractivity contribution < 1.29 is 19.5 Å². The molecule has 7 nitrogen and oxygen atoms in total. The van der Waals surface area contributed by atoms with E-state index in [0.29, 0.717) is 6.42 Å². The Morgan fingerprint density at radius 1 is 1.35 bits per heavy atom. The average Bonchev–Trinajstić information content (AvgIpc) is 2.37. The lowest BCUT2D eigenvalue weighted by molar-refractivity contribution is -0.139. The Morgan fingerprint density at radius 2 is 2.00 bits per heavy atom. The zero-order valence-corrected chi connectivity index (χ0v) is 11.3. The van der Waals surface area contributed by atoms with Crippen molar-refractivity contribution in [3.05, 3.63) is 29.6 Å². The van der Waals surface area contributed by atoms with Crippen LogP contribution < -0.4 is 11.1 Å². The van der Waals surface area contributed by atoms with Gasteiger partial charge in [-0.15, -0.1) is 0 Å². The van der Waals surface area contributed by atoms with Gasteiger partial charge in [0.2, 0.25) is 5.91 Å². The van der Waals surface area contributed by atoms with Crippen LogP contribution in [0, 0.1) is 5.92 Å². The van der Waals surface area contributed by atoms with Crippen LogP contribution in [-0.4, -0.2) is 33.9 Å². The number of rotatable bonds is 6. The summed E-state index contributed by atoms with van der Waals surface area (Å²) in [6, 6.07) is 1.71. The minimum absolute atomic E-state index is 0.0324. The Labute approximate surface area is 116 Å². The van der Waals surface area contributed by atoms with E-state index in [9.17, 15) is 14.4 Å². The molecule has 1 aromatic rings. The molecule has 7 heteroatoms. The Bertz CT molecular complexity index is 511. The number of hydrogen-bond donors (Lipinski definition) is 3. The Kier molecular flexibility index (Phi) is 5.19. The second-order valence-corrected chi connectivity index (χ2v) is 4.79. The van der Waals surface area contributed by atoms with Gasteiger partial charge in [-0.2, -0.15) is 0 Å². The molecule has 4 N–H and O–H groups in total. The Hall–Kier alpha value is -2.44. The van der Waals surface area contributed by atoms with Crippen LogP contribution >= 0.6 is 0 Å². The number of pyridine rings is 1. The number of primary amides is 1. The second-order valence-electron chi connectivity index (χ2n) is 4.79. The van der Waals surface area contributed by atoms with Crippen molar-refractivity contribution in [3.8, 4) is 0 Å². The summed E-state index contributed by atoms with van der Waals surface area (Å²) >= 11 is 0. The number of aromatic nitrogens is 1. The number of nitrogens with one attached hydrogen (secondary N) is 1. The zero-order chi connectivity index (χ0) is 15.3. The summed E-state index contributed by atoms with van der Waals surface area (Å²) in [5.41, 5.74) is 5.27. The van der Waals surface area contributed by atoms with E-state index in [0.717, 1.165) is 0 Å². The van der Waals surface area contributed by atoms with Gasteiger partial charge in [0, 0.05) is 6.20 Å². The number of carboxylic acid groups (broad SMARTS) is 1. The van der Waals surface area contributed by atoms with E-state index in [-0.39, 0.29) is 17.2 Å². The first-order valence-electron chi connectivity index (χ1n) is 6.10. The molecule has 1 rings (SSSR count). The average molecular weight is 279 g/mol. The summed E-state index contributed by atoms with van der Waals surface area (Å²) in [6.45, 7) is 3.73. The molecule has 0 aliphatic carbocycles. The van der Waals surface area contributed by atoms with Gasteiger partial charge in [-0.1, -0.05) is 13.8 Å². The maximum absolute atomic E-state index is 11.9. The Balaban J connectivity index is 2.78. The van der Waals surface area contributed by atoms with E-state index in [2.05, 4.69) is 10.3 Å². The third-order valence-corrected chi connectivity index (χ3v) is 2.59. The maximum atomic E-state index is 11.9. The van der Waals surface area contributed by atoms with Gasteiger partial charge in [-0.3, -0.25) is 14.6 Å². The SMILES string of the molecule is CC(C)C[C@@H](NC(=O)c1ccc(C(N)=O)cn1)C(=O)O. The summed E-state index contributed by atoms with van der Waals surface area (Å²) in [5, 5.41) is 11.4. The van der Waals surface area contributed by atoms with Crippen molar-refractivity contribution in [2.24, 2.45) is 11.7 Å². The molecule has 0 saturated carbocycles. The van der Waals surface area contributed by atoms with E-state index in [4.69, 9.17) is 10.8 Å².